The molecule has 0 aliphatic carbocycles. The van der Waals surface area contributed by atoms with Crippen molar-refractivity contribution in [1.29, 1.82) is 0 Å². The molecule has 0 radical (unpaired) electrons. The van der Waals surface area contributed by atoms with Crippen molar-refractivity contribution in [1.82, 2.24) is 0 Å². The van der Waals surface area contributed by atoms with Crippen molar-refractivity contribution >= 4 is 17.5 Å². The summed E-state index contributed by atoms with van der Waals surface area (Å²) in [5.74, 6) is 0.754. The van der Waals surface area contributed by atoms with Crippen molar-refractivity contribution in [2.45, 2.75) is 24.9 Å². The fourth-order valence-corrected chi connectivity index (χ4v) is 3.91. The van der Waals surface area contributed by atoms with Crippen LogP contribution < -0.4 is 10.1 Å². The van der Waals surface area contributed by atoms with Gasteiger partial charge in [0, 0.05) is 35.6 Å². The minimum absolute atomic E-state index is 0.0611. The highest BCUT2D eigenvalue weighted by atomic mass is 16.5. The molecule has 1 heterocycles. The summed E-state index contributed by atoms with van der Waals surface area (Å²) < 4.78 is 11.6. The molecule has 0 spiro atoms. The van der Waals surface area contributed by atoms with Crippen molar-refractivity contribution in [2.24, 2.45) is 10.1 Å². The van der Waals surface area contributed by atoms with Gasteiger partial charge in [-0.25, -0.2) is 4.99 Å². The highest BCUT2D eigenvalue weighted by Crippen LogP contribution is 2.30. The molecule has 0 bridgehead atoms. The lowest BCUT2D eigenvalue weighted by molar-refractivity contribution is -0.121. The third kappa shape index (κ3) is 6.02. The maximum atomic E-state index is 13.6. The van der Waals surface area contributed by atoms with Crippen LogP contribution in [0.3, 0.4) is 0 Å². The average molecular weight is 486 g/mol. The molecular formula is C27H27N5O4. The Morgan fingerprint density at radius 2 is 1.81 bits per heavy atom. The van der Waals surface area contributed by atoms with Crippen LogP contribution in [0.2, 0.25) is 0 Å². The number of anilines is 1. The molecule has 184 valence electrons. The van der Waals surface area contributed by atoms with Crippen molar-refractivity contribution in [3.05, 3.63) is 106 Å². The molecule has 3 aromatic rings. The molecule has 36 heavy (non-hydrogen) atoms. The van der Waals surface area contributed by atoms with Crippen molar-refractivity contribution < 1.29 is 19.4 Å². The summed E-state index contributed by atoms with van der Waals surface area (Å²) in [6.45, 7) is 0.733. The summed E-state index contributed by atoms with van der Waals surface area (Å²) in [5.41, 5.74) is 10.6. The molecule has 1 amide bonds. The summed E-state index contributed by atoms with van der Waals surface area (Å²) in [6, 6.07) is 24.0. The second-order valence-electron chi connectivity index (χ2n) is 8.34. The minimum atomic E-state index is -1.21. The zero-order valence-electron chi connectivity index (χ0n) is 19.7. The lowest BCUT2D eigenvalue weighted by Crippen LogP contribution is -2.45. The molecule has 4 rings (SSSR count). The normalized spacial score (nSPS) is 16.4. The molecule has 1 aliphatic heterocycles. The standard InChI is InChI=1S/C27H27N5O4/c28-32-29-18-22-8-5-4-7-21(22)17-27(26(34)30-23-9-2-1-3-10-23)19-36-25(31-27)20-11-13-24(14-12-20)35-16-6-15-33/h1-5,7-14,33H,6,15-19H2,(H,30,34)/t27-/m1/s1. The largest absolute Gasteiger partial charge is 0.494 e. The summed E-state index contributed by atoms with van der Waals surface area (Å²) >= 11 is 0. The summed E-state index contributed by atoms with van der Waals surface area (Å²) in [7, 11) is 0. The quantitative estimate of drug-likeness (QED) is 0.177. The van der Waals surface area contributed by atoms with Gasteiger partial charge in [-0.15, -0.1) is 0 Å². The highest BCUT2D eigenvalue weighted by molar-refractivity contribution is 6.04. The topological polar surface area (TPSA) is 129 Å². The SMILES string of the molecule is [N-]=[N+]=NCc1ccccc1C[C@]1(C(=O)Nc2ccccc2)COC(c2ccc(OCCCO)cc2)=N1. The summed E-state index contributed by atoms with van der Waals surface area (Å²) in [6.07, 6.45) is 0.826. The zero-order chi connectivity index (χ0) is 25.2. The lowest BCUT2D eigenvalue weighted by atomic mass is 9.89. The highest BCUT2D eigenvalue weighted by Gasteiger charge is 2.45. The number of carbonyl (C=O) groups is 1. The molecule has 9 heteroatoms. The molecule has 0 unspecified atom stereocenters. The Hall–Kier alpha value is -4.33. The number of nitrogens with zero attached hydrogens (tertiary/aromatic N) is 4. The van der Waals surface area contributed by atoms with E-state index in [-0.39, 0.29) is 32.1 Å². The van der Waals surface area contributed by atoms with Crippen molar-refractivity contribution in [2.75, 3.05) is 25.1 Å². The molecule has 9 nitrogen and oxygen atoms in total. The Morgan fingerprint density at radius 1 is 1.08 bits per heavy atom. The third-order valence-electron chi connectivity index (χ3n) is 5.80. The van der Waals surface area contributed by atoms with Crippen LogP contribution in [0, 0.1) is 0 Å². The van der Waals surface area contributed by atoms with Crippen LogP contribution in [0.25, 0.3) is 10.4 Å². The first-order valence-electron chi connectivity index (χ1n) is 11.6. The first-order valence-corrected chi connectivity index (χ1v) is 11.6. The lowest BCUT2D eigenvalue weighted by Gasteiger charge is -2.24. The van der Waals surface area contributed by atoms with E-state index in [0.29, 0.717) is 30.4 Å². The number of aliphatic hydroxyl groups is 1. The number of carbonyl (C=O) groups excluding carboxylic acids is 1. The fourth-order valence-electron chi connectivity index (χ4n) is 3.91. The van der Waals surface area contributed by atoms with Gasteiger partial charge in [0.25, 0.3) is 5.91 Å². The number of azide groups is 1. The van der Waals surface area contributed by atoms with E-state index < -0.39 is 5.54 Å². The van der Waals surface area contributed by atoms with Gasteiger partial charge in [0.1, 0.15) is 12.4 Å². The number of hydrogen-bond donors (Lipinski definition) is 2. The summed E-state index contributed by atoms with van der Waals surface area (Å²) in [5, 5.41) is 15.6. The second-order valence-corrected chi connectivity index (χ2v) is 8.34. The number of nitrogens with one attached hydrogen (secondary N) is 1. The minimum Gasteiger partial charge on any atom is -0.494 e. The number of hydrogen-bond acceptors (Lipinski definition) is 6. The third-order valence-corrected chi connectivity index (χ3v) is 5.80. The van der Waals surface area contributed by atoms with Gasteiger partial charge in [-0.05, 0) is 53.1 Å². The smallest absolute Gasteiger partial charge is 0.256 e. The van der Waals surface area contributed by atoms with E-state index in [1.54, 1.807) is 12.1 Å². The van der Waals surface area contributed by atoms with Crippen LogP contribution in [-0.2, 0) is 22.5 Å². The zero-order valence-corrected chi connectivity index (χ0v) is 19.7. The van der Waals surface area contributed by atoms with Gasteiger partial charge in [-0.2, -0.15) is 0 Å². The Bertz CT molecular complexity index is 1260. The Balaban J connectivity index is 1.64. The predicted octanol–water partition coefficient (Wildman–Crippen LogP) is 4.66. The molecular weight excluding hydrogens is 458 g/mol. The van der Waals surface area contributed by atoms with E-state index in [4.69, 9.17) is 25.1 Å². The van der Waals surface area contributed by atoms with E-state index in [2.05, 4.69) is 15.3 Å². The molecule has 2 N–H and O–H groups in total. The van der Waals surface area contributed by atoms with Gasteiger partial charge in [-0.3, -0.25) is 4.79 Å². The van der Waals surface area contributed by atoms with E-state index in [1.165, 1.54) is 0 Å². The average Bonchev–Trinajstić information content (AvgIpc) is 3.35. The number of amides is 1. The number of rotatable bonds is 11. The molecule has 1 aliphatic rings. The maximum absolute atomic E-state index is 13.6. The van der Waals surface area contributed by atoms with Gasteiger partial charge in [0.15, 0.2) is 5.54 Å². The second kappa shape index (κ2) is 11.9. The van der Waals surface area contributed by atoms with Crippen LogP contribution >= 0.6 is 0 Å². The number of aliphatic imine (C=N–C) groups is 1. The number of aliphatic hydroxyl groups excluding tert-OH is 1. The van der Waals surface area contributed by atoms with E-state index in [1.807, 2.05) is 66.7 Å². The summed E-state index contributed by atoms with van der Waals surface area (Å²) in [4.78, 5) is 21.3. The molecule has 0 fully saturated rings. The van der Waals surface area contributed by atoms with Crippen LogP contribution in [0.15, 0.2) is 89.0 Å². The molecule has 0 aromatic heterocycles. The maximum Gasteiger partial charge on any atom is 0.256 e. The first kappa shape index (κ1) is 24.8. The van der Waals surface area contributed by atoms with Gasteiger partial charge in [0.2, 0.25) is 5.90 Å². The van der Waals surface area contributed by atoms with E-state index >= 15 is 0 Å². The Kier molecular flexibility index (Phi) is 8.18. The van der Waals surface area contributed by atoms with Crippen molar-refractivity contribution in [3.8, 4) is 5.75 Å². The molecule has 1 atom stereocenters. The van der Waals surface area contributed by atoms with E-state index in [9.17, 15) is 4.79 Å². The first-order chi connectivity index (χ1) is 17.6. The number of ether oxygens (including phenoxy) is 2. The van der Waals surface area contributed by atoms with Gasteiger partial charge >= 0.3 is 0 Å². The molecule has 3 aromatic carbocycles. The Morgan fingerprint density at radius 3 is 2.53 bits per heavy atom. The predicted molar refractivity (Wildman–Crippen MR) is 137 cm³/mol. The van der Waals surface area contributed by atoms with Gasteiger partial charge in [0.05, 0.1) is 13.2 Å². The van der Waals surface area contributed by atoms with E-state index in [0.717, 1.165) is 16.7 Å². The number of para-hydroxylation sites is 1. The van der Waals surface area contributed by atoms with Gasteiger partial charge in [-0.1, -0.05) is 47.6 Å². The van der Waals surface area contributed by atoms with Gasteiger partial charge < -0.3 is 19.9 Å². The Labute approximate surface area is 209 Å². The monoisotopic (exact) mass is 485 g/mol. The van der Waals surface area contributed by atoms with Crippen LogP contribution in [-0.4, -0.2) is 42.3 Å². The number of benzene rings is 3. The van der Waals surface area contributed by atoms with Crippen LogP contribution in [0.4, 0.5) is 5.69 Å². The van der Waals surface area contributed by atoms with Crippen LogP contribution in [0.5, 0.6) is 5.75 Å². The van der Waals surface area contributed by atoms with Crippen molar-refractivity contribution in [3.63, 3.8) is 0 Å². The van der Waals surface area contributed by atoms with Crippen LogP contribution in [0.1, 0.15) is 23.1 Å². The fraction of sp³-hybridized carbons (Fsp3) is 0.259. The molecule has 0 saturated carbocycles. The molecule has 0 saturated heterocycles.